The van der Waals surface area contributed by atoms with Crippen LogP contribution in [-0.4, -0.2) is 38.4 Å². The van der Waals surface area contributed by atoms with Crippen LogP contribution in [0.4, 0.5) is 0 Å². The lowest BCUT2D eigenvalue weighted by atomic mass is 10.4. The topological polar surface area (TPSA) is 81.1 Å². The highest BCUT2D eigenvalue weighted by Gasteiger charge is 2.10. The van der Waals surface area contributed by atoms with E-state index in [2.05, 4.69) is 5.10 Å². The second-order valence-corrected chi connectivity index (χ2v) is 3.94. The van der Waals surface area contributed by atoms with Crippen molar-refractivity contribution < 1.29 is 9.90 Å². The third-order valence-corrected chi connectivity index (χ3v) is 2.70. The average Bonchev–Trinajstić information content (AvgIpc) is 2.64. The molecule has 0 aliphatic heterocycles. The third-order valence-electron chi connectivity index (χ3n) is 1.64. The van der Waals surface area contributed by atoms with Crippen LogP contribution in [0.2, 0.25) is 0 Å². The van der Waals surface area contributed by atoms with Gasteiger partial charge in [-0.2, -0.15) is 16.9 Å². The SMILES string of the molecule is N[C@H](CSCCn1cccn1)C(=O)O. The molecule has 0 aliphatic carbocycles. The fourth-order valence-electron chi connectivity index (χ4n) is 0.872. The number of carboxylic acids is 1. The third kappa shape index (κ3) is 3.80. The highest BCUT2D eigenvalue weighted by Crippen LogP contribution is 2.02. The molecular formula is C8H13N3O2S. The minimum absolute atomic E-state index is 0.441. The molecule has 1 heterocycles. The summed E-state index contributed by atoms with van der Waals surface area (Å²) < 4.78 is 1.80. The predicted molar refractivity (Wildman–Crippen MR) is 55.2 cm³/mol. The summed E-state index contributed by atoms with van der Waals surface area (Å²) in [5.74, 6) is 0.316. The second-order valence-electron chi connectivity index (χ2n) is 2.79. The molecule has 0 spiro atoms. The van der Waals surface area contributed by atoms with Crippen molar-refractivity contribution in [2.24, 2.45) is 5.73 Å². The number of carboxylic acid groups (broad SMARTS) is 1. The van der Waals surface area contributed by atoms with Gasteiger partial charge in [-0.05, 0) is 6.07 Å². The lowest BCUT2D eigenvalue weighted by Gasteiger charge is -2.05. The molecule has 1 atom stereocenters. The van der Waals surface area contributed by atoms with Crippen LogP contribution in [-0.2, 0) is 11.3 Å². The Labute approximate surface area is 86.3 Å². The zero-order chi connectivity index (χ0) is 10.4. The molecule has 0 amide bonds. The maximum absolute atomic E-state index is 10.4. The molecule has 0 saturated carbocycles. The molecule has 6 heteroatoms. The first-order valence-corrected chi connectivity index (χ1v) is 5.39. The van der Waals surface area contributed by atoms with E-state index in [9.17, 15) is 4.79 Å². The van der Waals surface area contributed by atoms with Gasteiger partial charge >= 0.3 is 5.97 Å². The number of aryl methyl sites for hydroxylation is 1. The van der Waals surface area contributed by atoms with Crippen LogP contribution >= 0.6 is 11.8 Å². The highest BCUT2D eigenvalue weighted by molar-refractivity contribution is 7.99. The van der Waals surface area contributed by atoms with Gasteiger partial charge < -0.3 is 10.8 Å². The van der Waals surface area contributed by atoms with E-state index >= 15 is 0 Å². The molecule has 5 nitrogen and oxygen atoms in total. The Morgan fingerprint density at radius 1 is 1.71 bits per heavy atom. The Kier molecular flexibility index (Phi) is 4.48. The highest BCUT2D eigenvalue weighted by atomic mass is 32.2. The summed E-state index contributed by atoms with van der Waals surface area (Å²) in [7, 11) is 0. The van der Waals surface area contributed by atoms with Crippen LogP contribution in [0.1, 0.15) is 0 Å². The van der Waals surface area contributed by atoms with Crippen molar-refractivity contribution in [1.82, 2.24) is 9.78 Å². The summed E-state index contributed by atoms with van der Waals surface area (Å²) in [6.07, 6.45) is 3.59. The van der Waals surface area contributed by atoms with E-state index in [-0.39, 0.29) is 0 Å². The summed E-state index contributed by atoms with van der Waals surface area (Å²) in [4.78, 5) is 10.4. The van der Waals surface area contributed by atoms with E-state index in [1.54, 1.807) is 10.9 Å². The van der Waals surface area contributed by atoms with Crippen molar-refractivity contribution >= 4 is 17.7 Å². The molecule has 1 aromatic rings. The Morgan fingerprint density at radius 2 is 2.50 bits per heavy atom. The summed E-state index contributed by atoms with van der Waals surface area (Å²) in [5, 5.41) is 12.5. The molecule has 0 aromatic carbocycles. The Bertz CT molecular complexity index is 276. The molecule has 1 rings (SSSR count). The van der Waals surface area contributed by atoms with Gasteiger partial charge in [0.05, 0.1) is 0 Å². The van der Waals surface area contributed by atoms with Crippen LogP contribution in [0, 0.1) is 0 Å². The summed E-state index contributed by atoms with van der Waals surface area (Å²) in [6.45, 7) is 0.782. The molecule has 78 valence electrons. The zero-order valence-electron chi connectivity index (χ0n) is 7.67. The molecule has 0 bridgehead atoms. The standard InChI is InChI=1S/C8H13N3O2S/c9-7(8(12)13)6-14-5-4-11-3-1-2-10-11/h1-3,7H,4-6,9H2,(H,12,13)/t7-/m1/s1. The number of nitrogens with two attached hydrogens (primary N) is 1. The quantitative estimate of drug-likeness (QED) is 0.654. The molecule has 0 aliphatic rings. The molecule has 0 radical (unpaired) electrons. The number of hydrogen-bond acceptors (Lipinski definition) is 4. The Morgan fingerprint density at radius 3 is 3.07 bits per heavy atom. The second kappa shape index (κ2) is 5.66. The predicted octanol–water partition coefficient (Wildman–Crippen LogP) is 0.0282. The molecule has 14 heavy (non-hydrogen) atoms. The van der Waals surface area contributed by atoms with Gasteiger partial charge in [0.2, 0.25) is 0 Å². The van der Waals surface area contributed by atoms with Crippen LogP contribution < -0.4 is 5.73 Å². The zero-order valence-corrected chi connectivity index (χ0v) is 8.48. The largest absolute Gasteiger partial charge is 0.480 e. The van der Waals surface area contributed by atoms with Crippen molar-refractivity contribution in [2.45, 2.75) is 12.6 Å². The van der Waals surface area contributed by atoms with Crippen LogP contribution in [0.25, 0.3) is 0 Å². The van der Waals surface area contributed by atoms with Crippen molar-refractivity contribution in [3.05, 3.63) is 18.5 Å². The Hall–Kier alpha value is -1.01. The number of aliphatic carboxylic acids is 1. The van der Waals surface area contributed by atoms with Gasteiger partial charge in [-0.15, -0.1) is 0 Å². The first kappa shape index (κ1) is 11.1. The van der Waals surface area contributed by atoms with Gasteiger partial charge in [-0.25, -0.2) is 0 Å². The Balaban J connectivity index is 2.08. The number of carbonyl (C=O) groups is 1. The van der Waals surface area contributed by atoms with E-state index in [4.69, 9.17) is 10.8 Å². The molecule has 0 unspecified atom stereocenters. The van der Waals surface area contributed by atoms with E-state index < -0.39 is 12.0 Å². The van der Waals surface area contributed by atoms with Gasteiger partial charge in [0, 0.05) is 30.4 Å². The monoisotopic (exact) mass is 215 g/mol. The average molecular weight is 215 g/mol. The van der Waals surface area contributed by atoms with E-state index in [1.165, 1.54) is 11.8 Å². The van der Waals surface area contributed by atoms with E-state index in [0.29, 0.717) is 5.75 Å². The van der Waals surface area contributed by atoms with E-state index in [1.807, 2.05) is 12.3 Å². The van der Waals surface area contributed by atoms with Gasteiger partial charge in [-0.1, -0.05) is 0 Å². The number of thioether (sulfide) groups is 1. The molecule has 0 saturated heterocycles. The lowest BCUT2D eigenvalue weighted by molar-refractivity contribution is -0.137. The van der Waals surface area contributed by atoms with Crippen LogP contribution in [0.15, 0.2) is 18.5 Å². The van der Waals surface area contributed by atoms with Gasteiger partial charge in [0.25, 0.3) is 0 Å². The maximum Gasteiger partial charge on any atom is 0.321 e. The van der Waals surface area contributed by atoms with Crippen molar-refractivity contribution in [1.29, 1.82) is 0 Å². The summed E-state index contributed by atoms with van der Waals surface area (Å²) >= 11 is 1.52. The summed E-state index contributed by atoms with van der Waals surface area (Å²) in [5.41, 5.74) is 5.33. The molecular weight excluding hydrogens is 202 g/mol. The molecule has 0 fully saturated rings. The smallest absolute Gasteiger partial charge is 0.321 e. The van der Waals surface area contributed by atoms with Crippen molar-refractivity contribution in [2.75, 3.05) is 11.5 Å². The van der Waals surface area contributed by atoms with Crippen LogP contribution in [0.3, 0.4) is 0 Å². The first-order valence-electron chi connectivity index (χ1n) is 4.23. The fourth-order valence-corrected chi connectivity index (χ4v) is 1.75. The van der Waals surface area contributed by atoms with Crippen LogP contribution in [0.5, 0.6) is 0 Å². The maximum atomic E-state index is 10.4. The number of hydrogen-bond donors (Lipinski definition) is 2. The number of nitrogens with zero attached hydrogens (tertiary/aromatic N) is 2. The van der Waals surface area contributed by atoms with Crippen molar-refractivity contribution in [3.63, 3.8) is 0 Å². The van der Waals surface area contributed by atoms with Crippen molar-refractivity contribution in [3.8, 4) is 0 Å². The minimum Gasteiger partial charge on any atom is -0.480 e. The summed E-state index contributed by atoms with van der Waals surface area (Å²) in [6, 6.07) is 1.09. The normalized spacial score (nSPS) is 12.6. The number of rotatable bonds is 6. The van der Waals surface area contributed by atoms with Gasteiger partial charge in [0.1, 0.15) is 6.04 Å². The lowest BCUT2D eigenvalue weighted by Crippen LogP contribution is -2.32. The molecule has 1 aromatic heterocycles. The molecule has 3 N–H and O–H groups in total. The number of aromatic nitrogens is 2. The van der Waals surface area contributed by atoms with Gasteiger partial charge in [-0.3, -0.25) is 9.48 Å². The first-order chi connectivity index (χ1) is 6.70. The fraction of sp³-hybridized carbons (Fsp3) is 0.500. The minimum atomic E-state index is -0.948. The van der Waals surface area contributed by atoms with E-state index in [0.717, 1.165) is 12.3 Å². The van der Waals surface area contributed by atoms with Gasteiger partial charge in [0.15, 0.2) is 0 Å².